The molecule has 0 saturated carbocycles. The minimum Gasteiger partial charge on any atom is -0.352 e. The van der Waals surface area contributed by atoms with E-state index in [2.05, 4.69) is 46.2 Å². The highest BCUT2D eigenvalue weighted by molar-refractivity contribution is 7.89. The van der Waals surface area contributed by atoms with E-state index in [4.69, 9.17) is 0 Å². The van der Waals surface area contributed by atoms with Crippen LogP contribution >= 0.6 is 0 Å². The van der Waals surface area contributed by atoms with Crippen LogP contribution in [-0.2, 0) is 15.4 Å². The monoisotopic (exact) mass is 452 g/mol. The minimum atomic E-state index is -3.52. The second-order valence-corrected chi connectivity index (χ2v) is 10.7. The van der Waals surface area contributed by atoms with Crippen LogP contribution in [0.3, 0.4) is 0 Å². The quantitative estimate of drug-likeness (QED) is 0.634. The summed E-state index contributed by atoms with van der Waals surface area (Å²) < 4.78 is 27.7. The molecule has 32 heavy (non-hydrogen) atoms. The number of aromatic nitrogens is 3. The lowest BCUT2D eigenvalue weighted by Crippen LogP contribution is -2.49. The zero-order valence-electron chi connectivity index (χ0n) is 18.6. The number of hydrogen-bond donors (Lipinski definition) is 1. The summed E-state index contributed by atoms with van der Waals surface area (Å²) in [5.74, 6) is 1.37. The molecule has 168 valence electrons. The first-order valence-electron chi connectivity index (χ1n) is 10.6. The second kappa shape index (κ2) is 8.84. The van der Waals surface area contributed by atoms with Crippen LogP contribution in [0.1, 0.15) is 26.3 Å². The number of sulfonamides is 1. The van der Waals surface area contributed by atoms with Gasteiger partial charge in [-0.25, -0.2) is 8.42 Å². The minimum absolute atomic E-state index is 0.0156. The average molecular weight is 453 g/mol. The molecule has 1 aliphatic rings. The zero-order valence-corrected chi connectivity index (χ0v) is 19.4. The van der Waals surface area contributed by atoms with Gasteiger partial charge in [0.25, 0.3) is 0 Å². The van der Waals surface area contributed by atoms with Crippen molar-refractivity contribution in [2.24, 2.45) is 0 Å². The first-order chi connectivity index (χ1) is 15.2. The highest BCUT2D eigenvalue weighted by atomic mass is 32.2. The Kier molecular flexibility index (Phi) is 6.12. The standard InChI is InChI=1S/C23H28N6O2S/c1-23(2,3)18-4-6-20(7-5-18)32(30,31)29-16-14-28(15-17-29)22-9-8-21(26-27-22)25-19-10-12-24-13-11-19/h4-13H,14-17H2,1-3H3,(H,24,25,26). The van der Waals surface area contributed by atoms with Gasteiger partial charge >= 0.3 is 0 Å². The molecular weight excluding hydrogens is 424 g/mol. The van der Waals surface area contributed by atoms with Crippen LogP contribution in [0.4, 0.5) is 17.3 Å². The number of piperazine rings is 1. The lowest BCUT2D eigenvalue weighted by Gasteiger charge is -2.34. The average Bonchev–Trinajstić information content (AvgIpc) is 2.80. The second-order valence-electron chi connectivity index (χ2n) is 8.80. The maximum Gasteiger partial charge on any atom is 0.243 e. The zero-order chi connectivity index (χ0) is 22.8. The molecule has 2 aromatic heterocycles. The molecule has 3 aromatic rings. The summed E-state index contributed by atoms with van der Waals surface area (Å²) in [7, 11) is -3.52. The normalized spacial score (nSPS) is 15.5. The number of nitrogens with one attached hydrogen (secondary N) is 1. The van der Waals surface area contributed by atoms with E-state index in [0.29, 0.717) is 36.9 Å². The van der Waals surface area contributed by atoms with E-state index in [1.807, 2.05) is 36.4 Å². The lowest BCUT2D eigenvalue weighted by atomic mass is 9.87. The van der Waals surface area contributed by atoms with E-state index in [1.165, 1.54) is 0 Å². The predicted octanol–water partition coefficient (Wildman–Crippen LogP) is 3.42. The van der Waals surface area contributed by atoms with Crippen molar-refractivity contribution >= 4 is 27.3 Å². The Bertz CT molecular complexity index is 1140. The van der Waals surface area contributed by atoms with Gasteiger partial charge in [0.1, 0.15) is 0 Å². The third kappa shape index (κ3) is 4.89. The summed E-state index contributed by atoms with van der Waals surface area (Å²) in [6.07, 6.45) is 3.41. The Labute approximate surface area is 189 Å². The van der Waals surface area contributed by atoms with Crippen molar-refractivity contribution in [3.8, 4) is 0 Å². The molecule has 0 atom stereocenters. The maximum absolute atomic E-state index is 13.1. The van der Waals surface area contributed by atoms with Crippen molar-refractivity contribution in [3.63, 3.8) is 0 Å². The van der Waals surface area contributed by atoms with Crippen molar-refractivity contribution in [1.29, 1.82) is 0 Å². The Balaban J connectivity index is 1.38. The third-order valence-corrected chi connectivity index (χ3v) is 7.44. The van der Waals surface area contributed by atoms with E-state index >= 15 is 0 Å². The molecular formula is C23H28N6O2S. The summed E-state index contributed by atoms with van der Waals surface area (Å²) in [5.41, 5.74) is 1.98. The van der Waals surface area contributed by atoms with E-state index in [9.17, 15) is 8.42 Å². The van der Waals surface area contributed by atoms with Gasteiger partial charge in [0.15, 0.2) is 11.6 Å². The number of anilines is 3. The van der Waals surface area contributed by atoms with Gasteiger partial charge in [-0.05, 0) is 47.4 Å². The highest BCUT2D eigenvalue weighted by Gasteiger charge is 2.29. The third-order valence-electron chi connectivity index (χ3n) is 5.52. The fourth-order valence-electron chi connectivity index (χ4n) is 3.58. The topological polar surface area (TPSA) is 91.3 Å². The number of benzene rings is 1. The van der Waals surface area contributed by atoms with Gasteiger partial charge in [-0.15, -0.1) is 10.2 Å². The fourth-order valence-corrected chi connectivity index (χ4v) is 5.00. The summed E-state index contributed by atoms with van der Waals surface area (Å²) in [6, 6.07) is 14.7. The van der Waals surface area contributed by atoms with Crippen molar-refractivity contribution in [1.82, 2.24) is 19.5 Å². The summed E-state index contributed by atoms with van der Waals surface area (Å²) in [5, 5.41) is 11.7. The van der Waals surface area contributed by atoms with Gasteiger partial charge in [0.05, 0.1) is 4.90 Å². The Hall–Kier alpha value is -3.04. The van der Waals surface area contributed by atoms with Gasteiger partial charge in [-0.2, -0.15) is 4.31 Å². The van der Waals surface area contributed by atoms with Crippen molar-refractivity contribution in [2.75, 3.05) is 36.4 Å². The molecule has 0 spiro atoms. The van der Waals surface area contributed by atoms with Gasteiger partial charge in [0.2, 0.25) is 10.0 Å². The molecule has 0 aliphatic carbocycles. The molecule has 0 unspecified atom stereocenters. The molecule has 9 heteroatoms. The van der Waals surface area contributed by atoms with Crippen LogP contribution in [0.2, 0.25) is 0 Å². The number of nitrogens with zero attached hydrogens (tertiary/aromatic N) is 5. The molecule has 0 amide bonds. The first kappa shape index (κ1) is 22.2. The summed E-state index contributed by atoms with van der Waals surface area (Å²) >= 11 is 0. The van der Waals surface area contributed by atoms with Crippen LogP contribution < -0.4 is 10.2 Å². The number of pyridine rings is 1. The van der Waals surface area contributed by atoms with E-state index < -0.39 is 10.0 Å². The van der Waals surface area contributed by atoms with Crippen molar-refractivity contribution < 1.29 is 8.42 Å². The van der Waals surface area contributed by atoms with Gasteiger partial charge in [-0.1, -0.05) is 32.9 Å². The van der Waals surface area contributed by atoms with Crippen molar-refractivity contribution in [3.05, 3.63) is 66.5 Å². The lowest BCUT2D eigenvalue weighted by molar-refractivity contribution is 0.383. The molecule has 0 bridgehead atoms. The van der Waals surface area contributed by atoms with Crippen LogP contribution in [0.5, 0.6) is 0 Å². The van der Waals surface area contributed by atoms with Gasteiger partial charge in [0, 0.05) is 44.3 Å². The highest BCUT2D eigenvalue weighted by Crippen LogP contribution is 2.25. The van der Waals surface area contributed by atoms with Gasteiger partial charge < -0.3 is 10.2 Å². The van der Waals surface area contributed by atoms with Crippen LogP contribution in [0.15, 0.2) is 65.8 Å². The van der Waals surface area contributed by atoms with E-state index in [1.54, 1.807) is 28.8 Å². The number of rotatable bonds is 5. The van der Waals surface area contributed by atoms with Crippen molar-refractivity contribution in [2.45, 2.75) is 31.1 Å². The molecule has 1 N–H and O–H groups in total. The van der Waals surface area contributed by atoms with E-state index in [-0.39, 0.29) is 5.41 Å². The predicted molar refractivity (Wildman–Crippen MR) is 126 cm³/mol. The Morgan fingerprint density at radius 2 is 1.50 bits per heavy atom. The largest absolute Gasteiger partial charge is 0.352 e. The smallest absolute Gasteiger partial charge is 0.243 e. The molecule has 4 rings (SSSR count). The first-order valence-corrected chi connectivity index (χ1v) is 12.0. The summed E-state index contributed by atoms with van der Waals surface area (Å²) in [6.45, 7) is 8.27. The maximum atomic E-state index is 13.1. The molecule has 1 fully saturated rings. The molecule has 8 nitrogen and oxygen atoms in total. The fraction of sp³-hybridized carbons (Fsp3) is 0.348. The van der Waals surface area contributed by atoms with E-state index in [0.717, 1.165) is 17.1 Å². The molecule has 3 heterocycles. The molecule has 1 saturated heterocycles. The molecule has 0 radical (unpaired) electrons. The van der Waals surface area contributed by atoms with Crippen LogP contribution in [-0.4, -0.2) is 54.1 Å². The molecule has 1 aliphatic heterocycles. The van der Waals surface area contributed by atoms with Gasteiger partial charge in [-0.3, -0.25) is 4.98 Å². The number of hydrogen-bond acceptors (Lipinski definition) is 7. The van der Waals surface area contributed by atoms with Crippen LogP contribution in [0, 0.1) is 0 Å². The Morgan fingerprint density at radius 1 is 0.844 bits per heavy atom. The molecule has 1 aromatic carbocycles. The SMILES string of the molecule is CC(C)(C)c1ccc(S(=O)(=O)N2CCN(c3ccc(Nc4ccncc4)nn3)CC2)cc1. The summed E-state index contributed by atoms with van der Waals surface area (Å²) in [4.78, 5) is 6.38. The van der Waals surface area contributed by atoms with Crippen LogP contribution in [0.25, 0.3) is 0 Å². The Morgan fingerprint density at radius 3 is 2.06 bits per heavy atom.